The van der Waals surface area contributed by atoms with Gasteiger partial charge in [-0.1, -0.05) is 0 Å². The third kappa shape index (κ3) is 4.99. The highest BCUT2D eigenvalue weighted by atomic mass is 32.2. The van der Waals surface area contributed by atoms with Crippen molar-refractivity contribution in [1.29, 1.82) is 0 Å². The van der Waals surface area contributed by atoms with Crippen molar-refractivity contribution in [3.8, 4) is 0 Å². The molecular formula is C10H20N4O2S2. The SMILES string of the molecule is Cc1csc(CCNS(=O)(=O)N(C)CCCN)n1. The van der Waals surface area contributed by atoms with Crippen LogP contribution in [0.2, 0.25) is 0 Å². The first-order valence-corrected chi connectivity index (χ1v) is 8.09. The number of thiazole rings is 1. The quantitative estimate of drug-likeness (QED) is 0.712. The average Bonchev–Trinajstić information content (AvgIpc) is 2.71. The lowest BCUT2D eigenvalue weighted by Crippen LogP contribution is -2.40. The van der Waals surface area contributed by atoms with E-state index in [4.69, 9.17) is 5.73 Å². The molecule has 0 atom stereocenters. The molecule has 1 rings (SSSR count). The Hall–Kier alpha value is -0.540. The second-order valence-electron chi connectivity index (χ2n) is 4.00. The first kappa shape index (κ1) is 15.5. The van der Waals surface area contributed by atoms with Crippen LogP contribution in [0.1, 0.15) is 17.1 Å². The summed E-state index contributed by atoms with van der Waals surface area (Å²) in [6, 6.07) is 0. The van der Waals surface area contributed by atoms with E-state index in [1.54, 1.807) is 18.4 Å². The molecule has 6 nitrogen and oxygen atoms in total. The molecule has 8 heteroatoms. The van der Waals surface area contributed by atoms with Crippen molar-refractivity contribution in [3.05, 3.63) is 16.1 Å². The lowest BCUT2D eigenvalue weighted by molar-refractivity contribution is 0.453. The van der Waals surface area contributed by atoms with Crippen LogP contribution < -0.4 is 10.5 Å². The second kappa shape index (κ2) is 7.15. The predicted octanol–water partition coefficient (Wildman–Crippen LogP) is 0.109. The number of rotatable bonds is 8. The summed E-state index contributed by atoms with van der Waals surface area (Å²) < 4.78 is 27.4. The van der Waals surface area contributed by atoms with Crippen LogP contribution in [-0.4, -0.2) is 44.4 Å². The highest BCUT2D eigenvalue weighted by Crippen LogP contribution is 2.08. The van der Waals surface area contributed by atoms with Crippen LogP contribution in [0, 0.1) is 6.92 Å². The topological polar surface area (TPSA) is 88.3 Å². The summed E-state index contributed by atoms with van der Waals surface area (Å²) in [5.74, 6) is 0. The number of hydrogen-bond acceptors (Lipinski definition) is 5. The van der Waals surface area contributed by atoms with Gasteiger partial charge in [0.15, 0.2) is 0 Å². The Balaban J connectivity index is 2.37. The van der Waals surface area contributed by atoms with Gasteiger partial charge in [-0.2, -0.15) is 12.7 Å². The summed E-state index contributed by atoms with van der Waals surface area (Å²) in [4.78, 5) is 4.28. The fraction of sp³-hybridized carbons (Fsp3) is 0.700. The molecule has 0 saturated carbocycles. The largest absolute Gasteiger partial charge is 0.330 e. The predicted molar refractivity (Wildman–Crippen MR) is 73.8 cm³/mol. The zero-order valence-electron chi connectivity index (χ0n) is 10.7. The van der Waals surface area contributed by atoms with Crippen LogP contribution in [-0.2, 0) is 16.6 Å². The van der Waals surface area contributed by atoms with Gasteiger partial charge < -0.3 is 5.73 Å². The first-order valence-electron chi connectivity index (χ1n) is 5.77. The molecule has 0 amide bonds. The van der Waals surface area contributed by atoms with E-state index >= 15 is 0 Å². The van der Waals surface area contributed by atoms with Crippen LogP contribution in [0.25, 0.3) is 0 Å². The fourth-order valence-corrected chi connectivity index (χ4v) is 3.07. The van der Waals surface area contributed by atoms with Gasteiger partial charge in [0.1, 0.15) is 0 Å². The van der Waals surface area contributed by atoms with Gasteiger partial charge in [0.25, 0.3) is 10.2 Å². The van der Waals surface area contributed by atoms with Gasteiger partial charge >= 0.3 is 0 Å². The maximum Gasteiger partial charge on any atom is 0.279 e. The molecule has 0 bridgehead atoms. The molecule has 0 aromatic carbocycles. The molecule has 0 unspecified atom stereocenters. The Kier molecular flexibility index (Phi) is 6.16. The molecular weight excluding hydrogens is 272 g/mol. The maximum atomic E-state index is 11.8. The van der Waals surface area contributed by atoms with Gasteiger partial charge in [-0.15, -0.1) is 11.3 Å². The van der Waals surface area contributed by atoms with Crippen LogP contribution in [0.15, 0.2) is 5.38 Å². The smallest absolute Gasteiger partial charge is 0.279 e. The molecule has 0 aliphatic heterocycles. The number of nitrogens with zero attached hydrogens (tertiary/aromatic N) is 2. The Morgan fingerprint density at radius 1 is 1.56 bits per heavy atom. The molecule has 3 N–H and O–H groups in total. The highest BCUT2D eigenvalue weighted by Gasteiger charge is 2.16. The monoisotopic (exact) mass is 292 g/mol. The van der Waals surface area contributed by atoms with Crippen molar-refractivity contribution in [2.24, 2.45) is 5.73 Å². The number of aryl methyl sites for hydroxylation is 1. The molecule has 0 saturated heterocycles. The average molecular weight is 292 g/mol. The molecule has 1 aromatic rings. The van der Waals surface area contributed by atoms with Crippen molar-refractivity contribution < 1.29 is 8.42 Å². The molecule has 104 valence electrons. The van der Waals surface area contributed by atoms with Gasteiger partial charge in [0.05, 0.1) is 5.01 Å². The minimum absolute atomic E-state index is 0.363. The second-order valence-corrected chi connectivity index (χ2v) is 6.80. The molecule has 0 fully saturated rings. The minimum atomic E-state index is -3.39. The molecule has 0 aliphatic carbocycles. The molecule has 1 heterocycles. The maximum absolute atomic E-state index is 11.8. The summed E-state index contributed by atoms with van der Waals surface area (Å²) in [7, 11) is -1.84. The molecule has 0 aliphatic rings. The van der Waals surface area contributed by atoms with Crippen LogP contribution in [0.5, 0.6) is 0 Å². The van der Waals surface area contributed by atoms with Crippen molar-refractivity contribution in [2.75, 3.05) is 26.7 Å². The third-order valence-corrected chi connectivity index (χ3v) is 4.98. The van der Waals surface area contributed by atoms with E-state index in [2.05, 4.69) is 9.71 Å². The van der Waals surface area contributed by atoms with Gasteiger partial charge in [-0.25, -0.2) is 9.71 Å². The lowest BCUT2D eigenvalue weighted by atomic mass is 10.4. The van der Waals surface area contributed by atoms with E-state index < -0.39 is 10.2 Å². The summed E-state index contributed by atoms with van der Waals surface area (Å²) in [5.41, 5.74) is 6.32. The van der Waals surface area contributed by atoms with Gasteiger partial charge in [0, 0.05) is 37.6 Å². The molecule has 1 aromatic heterocycles. The zero-order valence-corrected chi connectivity index (χ0v) is 12.4. The molecule has 0 radical (unpaired) electrons. The fourth-order valence-electron chi connectivity index (χ4n) is 1.35. The number of hydrogen-bond donors (Lipinski definition) is 2. The third-order valence-electron chi connectivity index (χ3n) is 2.38. The van der Waals surface area contributed by atoms with Crippen molar-refractivity contribution in [2.45, 2.75) is 19.8 Å². The van der Waals surface area contributed by atoms with Crippen LogP contribution in [0.3, 0.4) is 0 Å². The number of nitrogens with one attached hydrogen (secondary N) is 1. The highest BCUT2D eigenvalue weighted by molar-refractivity contribution is 7.87. The molecule has 0 spiro atoms. The zero-order chi connectivity index (χ0) is 13.6. The Labute approximate surface area is 112 Å². The summed E-state index contributed by atoms with van der Waals surface area (Å²) in [5, 5.41) is 2.90. The first-order chi connectivity index (χ1) is 8.45. The number of nitrogens with two attached hydrogens (primary N) is 1. The van der Waals surface area contributed by atoms with E-state index in [1.807, 2.05) is 12.3 Å². The normalized spacial score (nSPS) is 12.2. The van der Waals surface area contributed by atoms with Crippen molar-refractivity contribution >= 4 is 21.5 Å². The lowest BCUT2D eigenvalue weighted by Gasteiger charge is -2.16. The Bertz CT molecular complexity index is 458. The van der Waals surface area contributed by atoms with Crippen molar-refractivity contribution in [1.82, 2.24) is 14.0 Å². The van der Waals surface area contributed by atoms with E-state index in [0.717, 1.165) is 10.7 Å². The summed E-state index contributed by atoms with van der Waals surface area (Å²) >= 11 is 1.55. The standard InChI is InChI=1S/C10H20N4O2S2/c1-9-8-17-10(13-9)4-6-12-18(15,16)14(2)7-3-5-11/h8,12H,3-7,11H2,1-2H3. The van der Waals surface area contributed by atoms with Crippen LogP contribution in [0.4, 0.5) is 0 Å². The Morgan fingerprint density at radius 3 is 2.83 bits per heavy atom. The van der Waals surface area contributed by atoms with Gasteiger partial charge in [-0.05, 0) is 19.9 Å². The number of aromatic nitrogens is 1. The van der Waals surface area contributed by atoms with E-state index in [1.165, 1.54) is 4.31 Å². The summed E-state index contributed by atoms with van der Waals surface area (Å²) in [6.07, 6.45) is 1.27. The molecule has 18 heavy (non-hydrogen) atoms. The van der Waals surface area contributed by atoms with Gasteiger partial charge in [-0.3, -0.25) is 0 Å². The van der Waals surface area contributed by atoms with E-state index in [9.17, 15) is 8.42 Å². The Morgan fingerprint density at radius 2 is 2.28 bits per heavy atom. The minimum Gasteiger partial charge on any atom is -0.330 e. The van der Waals surface area contributed by atoms with E-state index in [0.29, 0.717) is 32.5 Å². The van der Waals surface area contributed by atoms with Crippen molar-refractivity contribution in [3.63, 3.8) is 0 Å². The van der Waals surface area contributed by atoms with Crippen LogP contribution >= 0.6 is 11.3 Å². The summed E-state index contributed by atoms with van der Waals surface area (Å²) in [6.45, 7) is 3.20. The van der Waals surface area contributed by atoms with E-state index in [-0.39, 0.29) is 0 Å². The van der Waals surface area contributed by atoms with Gasteiger partial charge in [0.2, 0.25) is 0 Å².